The zero-order valence-corrected chi connectivity index (χ0v) is 13.5. The zero-order valence-electron chi connectivity index (χ0n) is 11.9. The number of nitrogens with one attached hydrogen (secondary N) is 2. The largest absolute Gasteiger partial charge is 0.344 e. The maximum atomic E-state index is 12.0. The summed E-state index contributed by atoms with van der Waals surface area (Å²) in [6.07, 6.45) is 1.12. The van der Waals surface area contributed by atoms with Crippen molar-refractivity contribution in [3.63, 3.8) is 0 Å². The number of urea groups is 1. The lowest BCUT2D eigenvalue weighted by Gasteiger charge is -2.29. The van der Waals surface area contributed by atoms with E-state index in [4.69, 9.17) is 0 Å². The van der Waals surface area contributed by atoms with Gasteiger partial charge in [0, 0.05) is 26.1 Å². The van der Waals surface area contributed by atoms with Crippen molar-refractivity contribution in [2.75, 3.05) is 18.9 Å². The molecule has 3 heterocycles. The molecular weight excluding hydrogens is 322 g/mol. The monoisotopic (exact) mass is 337 g/mol. The predicted octanol–water partition coefficient (Wildman–Crippen LogP) is 2.01. The van der Waals surface area contributed by atoms with Crippen molar-refractivity contribution in [2.24, 2.45) is 0 Å². The van der Waals surface area contributed by atoms with Gasteiger partial charge in [-0.25, -0.2) is 4.79 Å². The number of piperidine rings is 1. The number of carbonyl (C=O) groups is 2. The van der Waals surface area contributed by atoms with Crippen LogP contribution in [0.15, 0.2) is 17.5 Å². The number of aromatic nitrogens is 2. The van der Waals surface area contributed by atoms with Crippen LogP contribution in [0.1, 0.15) is 12.8 Å². The number of rotatable bonds is 3. The van der Waals surface area contributed by atoms with E-state index in [1.165, 1.54) is 11.3 Å². The molecule has 2 aromatic heterocycles. The summed E-state index contributed by atoms with van der Waals surface area (Å²) < 4.78 is 0. The van der Waals surface area contributed by atoms with Gasteiger partial charge in [-0.15, -0.1) is 21.5 Å². The highest BCUT2D eigenvalue weighted by molar-refractivity contribution is 7.23. The molecule has 2 N–H and O–H groups in total. The number of carbonyl (C=O) groups excluding carboxylic acids is 2. The van der Waals surface area contributed by atoms with Crippen molar-refractivity contribution >= 4 is 39.7 Å². The number of hydrogen-bond acceptors (Lipinski definition) is 6. The molecule has 0 aliphatic carbocycles. The summed E-state index contributed by atoms with van der Waals surface area (Å²) in [5.74, 6) is 0.114. The molecule has 0 saturated carbocycles. The van der Waals surface area contributed by atoms with Gasteiger partial charge in [-0.2, -0.15) is 0 Å². The van der Waals surface area contributed by atoms with Gasteiger partial charge >= 0.3 is 6.03 Å². The first-order valence-electron chi connectivity index (χ1n) is 6.80. The minimum Gasteiger partial charge on any atom is -0.344 e. The maximum absolute atomic E-state index is 12.0. The molecule has 7 nitrogen and oxygen atoms in total. The summed E-state index contributed by atoms with van der Waals surface area (Å²) in [7, 11) is 1.74. The molecule has 0 aromatic carbocycles. The Kier molecular flexibility index (Phi) is 4.34. The third-order valence-corrected chi connectivity index (χ3v) is 5.22. The van der Waals surface area contributed by atoms with Crippen LogP contribution < -0.4 is 10.6 Å². The van der Waals surface area contributed by atoms with Gasteiger partial charge < -0.3 is 10.2 Å². The Bertz CT molecular complexity index is 670. The molecule has 0 spiro atoms. The van der Waals surface area contributed by atoms with E-state index in [0.29, 0.717) is 24.5 Å². The van der Waals surface area contributed by atoms with Crippen molar-refractivity contribution in [3.05, 3.63) is 17.5 Å². The fraction of sp³-hybridized carbons (Fsp3) is 0.385. The smallest absolute Gasteiger partial charge is 0.321 e. The van der Waals surface area contributed by atoms with Gasteiger partial charge in [0.15, 0.2) is 5.01 Å². The number of likely N-dealkylation sites (N-methyl/N-ethyl adjacent to an activating group) is 1. The van der Waals surface area contributed by atoms with Crippen molar-refractivity contribution in [1.29, 1.82) is 0 Å². The van der Waals surface area contributed by atoms with E-state index in [-0.39, 0.29) is 18.0 Å². The SMILES string of the molecule is CN1CC(NC(=O)Nc2nnc(-c3cccs3)s2)CCC1=O. The highest BCUT2D eigenvalue weighted by Gasteiger charge is 2.24. The lowest BCUT2D eigenvalue weighted by atomic mass is 10.1. The number of amides is 3. The summed E-state index contributed by atoms with van der Waals surface area (Å²) in [5, 5.41) is 16.8. The molecule has 1 saturated heterocycles. The maximum Gasteiger partial charge on any atom is 0.321 e. The molecule has 1 fully saturated rings. The fourth-order valence-corrected chi connectivity index (χ4v) is 3.75. The average Bonchev–Trinajstić information content (AvgIpc) is 3.13. The van der Waals surface area contributed by atoms with Crippen LogP contribution in [0.3, 0.4) is 0 Å². The van der Waals surface area contributed by atoms with Crippen LogP contribution in [0.2, 0.25) is 0 Å². The Morgan fingerprint density at radius 2 is 2.32 bits per heavy atom. The normalized spacial score (nSPS) is 18.3. The molecule has 22 heavy (non-hydrogen) atoms. The third-order valence-electron chi connectivity index (χ3n) is 3.34. The molecule has 3 rings (SSSR count). The predicted molar refractivity (Wildman–Crippen MR) is 86.0 cm³/mol. The standard InChI is InChI=1S/C13H15N5O2S2/c1-18-7-8(4-5-10(18)19)14-12(20)15-13-17-16-11(22-13)9-3-2-6-21-9/h2-3,6,8H,4-5,7H2,1H3,(H2,14,15,17,20). The van der Waals surface area contributed by atoms with Gasteiger partial charge in [-0.1, -0.05) is 17.4 Å². The molecule has 1 atom stereocenters. The zero-order chi connectivity index (χ0) is 15.5. The van der Waals surface area contributed by atoms with Crippen molar-refractivity contribution in [1.82, 2.24) is 20.4 Å². The van der Waals surface area contributed by atoms with Gasteiger partial charge in [-0.05, 0) is 17.9 Å². The minimum absolute atomic E-state index is 0.0348. The Labute approximate surface area is 135 Å². The first-order chi connectivity index (χ1) is 10.6. The van der Waals surface area contributed by atoms with Gasteiger partial charge in [-0.3, -0.25) is 10.1 Å². The first kappa shape index (κ1) is 14.9. The van der Waals surface area contributed by atoms with E-state index >= 15 is 0 Å². The van der Waals surface area contributed by atoms with E-state index in [9.17, 15) is 9.59 Å². The number of anilines is 1. The van der Waals surface area contributed by atoms with Gasteiger partial charge in [0.2, 0.25) is 11.0 Å². The highest BCUT2D eigenvalue weighted by atomic mass is 32.1. The van der Waals surface area contributed by atoms with Gasteiger partial charge in [0.25, 0.3) is 0 Å². The molecule has 0 bridgehead atoms. The van der Waals surface area contributed by atoms with Crippen LogP contribution in [0.5, 0.6) is 0 Å². The second-order valence-electron chi connectivity index (χ2n) is 5.00. The number of nitrogens with zero attached hydrogens (tertiary/aromatic N) is 3. The molecular formula is C13H15N5O2S2. The summed E-state index contributed by atoms with van der Waals surface area (Å²) in [5.41, 5.74) is 0. The summed E-state index contributed by atoms with van der Waals surface area (Å²) in [6, 6.07) is 3.56. The minimum atomic E-state index is -0.318. The third kappa shape index (κ3) is 3.42. The van der Waals surface area contributed by atoms with Crippen LogP contribution in [0.4, 0.5) is 9.93 Å². The van der Waals surface area contributed by atoms with Crippen molar-refractivity contribution < 1.29 is 9.59 Å². The Hall–Kier alpha value is -2.00. The molecule has 3 amide bonds. The number of likely N-dealkylation sites (tertiary alicyclic amines) is 1. The van der Waals surface area contributed by atoms with Gasteiger partial charge in [0.1, 0.15) is 0 Å². The highest BCUT2D eigenvalue weighted by Crippen LogP contribution is 2.29. The van der Waals surface area contributed by atoms with Crippen molar-refractivity contribution in [2.45, 2.75) is 18.9 Å². The second-order valence-corrected chi connectivity index (χ2v) is 6.92. The first-order valence-corrected chi connectivity index (χ1v) is 8.50. The summed E-state index contributed by atoms with van der Waals surface area (Å²) >= 11 is 2.91. The fourth-order valence-electron chi connectivity index (χ4n) is 2.22. The van der Waals surface area contributed by atoms with Crippen LogP contribution in [-0.4, -0.2) is 46.7 Å². The van der Waals surface area contributed by atoms with Crippen molar-refractivity contribution in [3.8, 4) is 9.88 Å². The second kappa shape index (κ2) is 6.41. The summed E-state index contributed by atoms with van der Waals surface area (Å²) in [4.78, 5) is 26.1. The van der Waals surface area contributed by atoms with Crippen LogP contribution >= 0.6 is 22.7 Å². The van der Waals surface area contributed by atoms with E-state index in [1.54, 1.807) is 23.3 Å². The van der Waals surface area contributed by atoms with E-state index in [1.807, 2.05) is 17.5 Å². The molecule has 1 aliphatic rings. The lowest BCUT2D eigenvalue weighted by Crippen LogP contribution is -2.49. The van der Waals surface area contributed by atoms with E-state index in [0.717, 1.165) is 9.88 Å². The van der Waals surface area contributed by atoms with E-state index < -0.39 is 0 Å². The molecule has 9 heteroatoms. The Morgan fingerprint density at radius 3 is 3.05 bits per heavy atom. The van der Waals surface area contributed by atoms with E-state index in [2.05, 4.69) is 20.8 Å². The van der Waals surface area contributed by atoms with Crippen LogP contribution in [0, 0.1) is 0 Å². The molecule has 1 unspecified atom stereocenters. The molecule has 2 aromatic rings. The quantitative estimate of drug-likeness (QED) is 0.897. The van der Waals surface area contributed by atoms with Crippen LogP contribution in [-0.2, 0) is 4.79 Å². The molecule has 0 radical (unpaired) electrons. The Morgan fingerprint density at radius 1 is 1.45 bits per heavy atom. The van der Waals surface area contributed by atoms with Crippen LogP contribution in [0.25, 0.3) is 9.88 Å². The topological polar surface area (TPSA) is 87.2 Å². The lowest BCUT2D eigenvalue weighted by molar-refractivity contribution is -0.132. The summed E-state index contributed by atoms with van der Waals surface area (Å²) in [6.45, 7) is 0.531. The molecule has 116 valence electrons. The Balaban J connectivity index is 1.55. The molecule has 1 aliphatic heterocycles. The van der Waals surface area contributed by atoms with Gasteiger partial charge in [0.05, 0.1) is 4.88 Å². The average molecular weight is 337 g/mol. The number of hydrogen-bond donors (Lipinski definition) is 2. The number of thiophene rings is 1.